The number of aryl methyl sites for hydroxylation is 2. The third kappa shape index (κ3) is 3.96. The fourth-order valence-electron chi connectivity index (χ4n) is 3.26. The zero-order chi connectivity index (χ0) is 19.6. The van der Waals surface area contributed by atoms with Gasteiger partial charge in [0.05, 0.1) is 18.7 Å². The van der Waals surface area contributed by atoms with E-state index in [9.17, 15) is 14.9 Å². The largest absolute Gasteiger partial charge is 0.450 e. The van der Waals surface area contributed by atoms with Gasteiger partial charge >= 0.3 is 6.09 Å². The maximum Gasteiger partial charge on any atom is 0.410 e. The third-order valence-corrected chi connectivity index (χ3v) is 5.54. The Bertz CT molecular complexity index is 922. The van der Waals surface area contributed by atoms with E-state index in [1.54, 1.807) is 11.8 Å². The second kappa shape index (κ2) is 7.80. The van der Waals surface area contributed by atoms with Crippen molar-refractivity contribution in [1.82, 2.24) is 4.90 Å². The van der Waals surface area contributed by atoms with E-state index in [2.05, 4.69) is 11.4 Å². The molecule has 3 rings (SSSR count). The van der Waals surface area contributed by atoms with Gasteiger partial charge in [0.25, 0.3) is 5.91 Å². The monoisotopic (exact) mass is 383 g/mol. The standard InChI is InChI=1S/C20H21N3O3S/c1-4-26-20(25)23-6-5-15-16(10-21)19(27-17(15)11-23)22-18(24)14-8-12(2)7-13(3)9-14/h7-9H,4-6,11H2,1-3H3,(H,22,24). The smallest absolute Gasteiger partial charge is 0.410 e. The minimum Gasteiger partial charge on any atom is -0.450 e. The summed E-state index contributed by atoms with van der Waals surface area (Å²) in [5.41, 5.74) is 4.00. The average molecular weight is 383 g/mol. The molecule has 0 aliphatic carbocycles. The second-order valence-corrected chi connectivity index (χ2v) is 7.63. The molecule has 2 heterocycles. The Morgan fingerprint density at radius 2 is 2.00 bits per heavy atom. The fraction of sp³-hybridized carbons (Fsp3) is 0.350. The number of hydrogen-bond donors (Lipinski definition) is 1. The topological polar surface area (TPSA) is 82.4 Å². The number of benzene rings is 1. The highest BCUT2D eigenvalue weighted by Crippen LogP contribution is 2.37. The molecule has 6 nitrogen and oxygen atoms in total. The van der Waals surface area contributed by atoms with Crippen molar-refractivity contribution in [1.29, 1.82) is 5.26 Å². The zero-order valence-electron chi connectivity index (χ0n) is 15.6. The maximum atomic E-state index is 12.7. The molecule has 0 atom stereocenters. The first-order chi connectivity index (χ1) is 12.9. The van der Waals surface area contributed by atoms with Crippen LogP contribution >= 0.6 is 11.3 Å². The Morgan fingerprint density at radius 1 is 1.30 bits per heavy atom. The summed E-state index contributed by atoms with van der Waals surface area (Å²) < 4.78 is 5.06. The first kappa shape index (κ1) is 18.9. The lowest BCUT2D eigenvalue weighted by Gasteiger charge is -2.25. The van der Waals surface area contributed by atoms with Crippen molar-refractivity contribution < 1.29 is 14.3 Å². The Kier molecular flexibility index (Phi) is 5.47. The molecular weight excluding hydrogens is 362 g/mol. The number of carbonyl (C=O) groups excluding carboxylic acids is 2. The minimum absolute atomic E-state index is 0.237. The lowest BCUT2D eigenvalue weighted by molar-refractivity contribution is 0.102. The molecule has 0 fully saturated rings. The molecule has 27 heavy (non-hydrogen) atoms. The van der Waals surface area contributed by atoms with Crippen LogP contribution in [0.4, 0.5) is 9.80 Å². The van der Waals surface area contributed by atoms with Gasteiger partial charge in [0.1, 0.15) is 11.1 Å². The molecule has 0 saturated heterocycles. The van der Waals surface area contributed by atoms with Gasteiger partial charge < -0.3 is 15.0 Å². The molecule has 1 aliphatic rings. The summed E-state index contributed by atoms with van der Waals surface area (Å²) in [4.78, 5) is 27.2. The molecule has 1 N–H and O–H groups in total. The van der Waals surface area contributed by atoms with Crippen molar-refractivity contribution in [3.05, 3.63) is 50.9 Å². The van der Waals surface area contributed by atoms with Gasteiger partial charge in [-0.1, -0.05) is 17.2 Å². The summed E-state index contributed by atoms with van der Waals surface area (Å²) in [6.45, 7) is 6.88. The predicted octanol–water partition coefficient (Wildman–Crippen LogP) is 4.00. The van der Waals surface area contributed by atoms with Crippen LogP contribution in [0, 0.1) is 25.2 Å². The molecule has 7 heteroatoms. The van der Waals surface area contributed by atoms with Crippen molar-refractivity contribution in [2.45, 2.75) is 33.7 Å². The number of rotatable bonds is 3. The van der Waals surface area contributed by atoms with Crippen LogP contribution in [-0.4, -0.2) is 30.1 Å². The summed E-state index contributed by atoms with van der Waals surface area (Å²) in [7, 11) is 0. The van der Waals surface area contributed by atoms with E-state index in [1.165, 1.54) is 11.3 Å². The first-order valence-corrected chi connectivity index (χ1v) is 9.60. The lowest BCUT2D eigenvalue weighted by Crippen LogP contribution is -2.35. The molecule has 0 radical (unpaired) electrons. The molecule has 1 aromatic heterocycles. The second-order valence-electron chi connectivity index (χ2n) is 6.52. The molecule has 0 spiro atoms. The van der Waals surface area contributed by atoms with Crippen LogP contribution in [0.3, 0.4) is 0 Å². The highest BCUT2D eigenvalue weighted by Gasteiger charge is 2.28. The number of carbonyl (C=O) groups is 2. The number of hydrogen-bond acceptors (Lipinski definition) is 5. The first-order valence-electron chi connectivity index (χ1n) is 8.79. The van der Waals surface area contributed by atoms with Crippen LogP contribution in [0.25, 0.3) is 0 Å². The van der Waals surface area contributed by atoms with E-state index in [-0.39, 0.29) is 12.0 Å². The van der Waals surface area contributed by atoms with Crippen LogP contribution in [-0.2, 0) is 17.7 Å². The van der Waals surface area contributed by atoms with Crippen molar-refractivity contribution in [3.63, 3.8) is 0 Å². The van der Waals surface area contributed by atoms with Gasteiger partial charge in [-0.3, -0.25) is 4.79 Å². The van der Waals surface area contributed by atoms with Crippen LogP contribution in [0.5, 0.6) is 0 Å². The Labute approximate surface area is 162 Å². The Balaban J connectivity index is 1.84. The number of nitrogens with one attached hydrogen (secondary N) is 1. The summed E-state index contributed by atoms with van der Waals surface area (Å²) in [6.07, 6.45) is 0.225. The van der Waals surface area contributed by atoms with E-state index in [4.69, 9.17) is 4.74 Å². The van der Waals surface area contributed by atoms with Crippen molar-refractivity contribution >= 4 is 28.3 Å². The lowest BCUT2D eigenvalue weighted by atomic mass is 10.0. The third-order valence-electron chi connectivity index (χ3n) is 4.41. The molecular formula is C20H21N3O3S. The van der Waals surface area contributed by atoms with Gasteiger partial charge in [0.15, 0.2) is 0 Å². The van der Waals surface area contributed by atoms with E-state index < -0.39 is 0 Å². The van der Waals surface area contributed by atoms with Gasteiger partial charge in [-0.25, -0.2) is 4.79 Å². The van der Waals surface area contributed by atoms with Gasteiger partial charge in [0.2, 0.25) is 0 Å². The fourth-order valence-corrected chi connectivity index (χ4v) is 4.47. The van der Waals surface area contributed by atoms with Crippen LogP contribution < -0.4 is 5.32 Å². The Morgan fingerprint density at radius 3 is 2.63 bits per heavy atom. The Hall–Kier alpha value is -2.85. The maximum absolute atomic E-state index is 12.7. The van der Waals surface area contributed by atoms with Crippen molar-refractivity contribution in [2.75, 3.05) is 18.5 Å². The summed E-state index contributed by atoms with van der Waals surface area (Å²) in [5.74, 6) is -0.237. The number of thiophene rings is 1. The molecule has 2 aromatic rings. The highest BCUT2D eigenvalue weighted by atomic mass is 32.1. The molecule has 140 valence electrons. The molecule has 1 aromatic carbocycles. The van der Waals surface area contributed by atoms with E-state index in [0.717, 1.165) is 21.6 Å². The highest BCUT2D eigenvalue weighted by molar-refractivity contribution is 7.16. The summed E-state index contributed by atoms with van der Waals surface area (Å²) in [6, 6.07) is 7.87. The van der Waals surface area contributed by atoms with Gasteiger partial charge in [-0.15, -0.1) is 11.3 Å². The molecule has 0 saturated carbocycles. The number of amides is 2. The molecule has 0 bridgehead atoms. The normalized spacial score (nSPS) is 12.9. The van der Waals surface area contributed by atoms with E-state index in [0.29, 0.717) is 42.2 Å². The minimum atomic E-state index is -0.351. The summed E-state index contributed by atoms with van der Waals surface area (Å²) in [5, 5.41) is 13.0. The average Bonchev–Trinajstić information content (AvgIpc) is 2.97. The molecule has 0 unspecified atom stereocenters. The van der Waals surface area contributed by atoms with Crippen molar-refractivity contribution in [2.24, 2.45) is 0 Å². The number of fused-ring (bicyclic) bond motifs is 1. The molecule has 2 amide bonds. The molecule has 1 aliphatic heterocycles. The van der Waals surface area contributed by atoms with Gasteiger partial charge in [0, 0.05) is 17.0 Å². The van der Waals surface area contributed by atoms with Crippen LogP contribution in [0.2, 0.25) is 0 Å². The van der Waals surface area contributed by atoms with E-state index in [1.807, 2.05) is 32.0 Å². The zero-order valence-corrected chi connectivity index (χ0v) is 16.4. The number of nitrogens with zero attached hydrogens (tertiary/aromatic N) is 2. The van der Waals surface area contributed by atoms with Gasteiger partial charge in [-0.05, 0) is 44.9 Å². The number of ether oxygens (including phenoxy) is 1. The number of anilines is 1. The van der Waals surface area contributed by atoms with E-state index >= 15 is 0 Å². The quantitative estimate of drug-likeness (QED) is 0.868. The van der Waals surface area contributed by atoms with Crippen LogP contribution in [0.15, 0.2) is 18.2 Å². The number of nitriles is 1. The summed E-state index contributed by atoms with van der Waals surface area (Å²) >= 11 is 1.35. The van der Waals surface area contributed by atoms with Crippen molar-refractivity contribution in [3.8, 4) is 6.07 Å². The predicted molar refractivity (Wildman–Crippen MR) is 104 cm³/mol. The SMILES string of the molecule is CCOC(=O)N1CCc2c(sc(NC(=O)c3cc(C)cc(C)c3)c2C#N)C1. The van der Waals surface area contributed by atoms with Gasteiger partial charge in [-0.2, -0.15) is 5.26 Å². The van der Waals surface area contributed by atoms with Crippen LogP contribution in [0.1, 0.15) is 44.4 Å².